The topological polar surface area (TPSA) is 127 Å². The maximum Gasteiger partial charge on any atom is 0.394 e. The molecule has 0 bridgehead atoms. The predicted octanol–water partition coefficient (Wildman–Crippen LogP) is 1.32. The molecule has 6 N–H and O–H groups in total. The molecule has 98 valence electrons. The number of hydrogen-bond acceptors (Lipinski definition) is 4. The summed E-state index contributed by atoms with van der Waals surface area (Å²) < 4.78 is 31.6. The highest BCUT2D eigenvalue weighted by molar-refractivity contribution is 7.79. The van der Waals surface area contributed by atoms with Crippen molar-refractivity contribution >= 4 is 21.8 Å². The van der Waals surface area contributed by atoms with Gasteiger partial charge in [0.1, 0.15) is 0 Å². The lowest BCUT2D eigenvalue weighted by Gasteiger charge is -2.10. The van der Waals surface area contributed by atoms with Crippen LogP contribution in [-0.4, -0.2) is 17.5 Å². The smallest absolute Gasteiger partial charge is 0.394 e. The summed E-state index contributed by atoms with van der Waals surface area (Å²) in [6, 6.07) is 3.94. The molecule has 0 unspecified atom stereocenters. The molecule has 0 aliphatic rings. The molecule has 0 aliphatic carbocycles. The summed E-state index contributed by atoms with van der Waals surface area (Å²) >= 11 is 0. The maximum atomic E-state index is 8.74. The first kappa shape index (κ1) is 15.7. The van der Waals surface area contributed by atoms with E-state index in [1.807, 2.05) is 6.07 Å². The van der Waals surface area contributed by atoms with Gasteiger partial charge in [-0.05, 0) is 30.0 Å². The zero-order valence-electron chi connectivity index (χ0n) is 9.84. The van der Waals surface area contributed by atoms with Gasteiger partial charge in [0.05, 0.1) is 11.4 Å². The fourth-order valence-corrected chi connectivity index (χ4v) is 1.48. The SMILES string of the molecule is CCc1ccc(N)c(N)c1CC.O=S(=O)(O)O. The van der Waals surface area contributed by atoms with Crippen molar-refractivity contribution in [3.8, 4) is 0 Å². The second-order valence-corrected chi connectivity index (χ2v) is 4.26. The van der Waals surface area contributed by atoms with E-state index in [2.05, 4.69) is 19.9 Å². The molecule has 17 heavy (non-hydrogen) atoms. The molecule has 6 nitrogen and oxygen atoms in total. The fourth-order valence-electron chi connectivity index (χ4n) is 1.48. The van der Waals surface area contributed by atoms with Gasteiger partial charge in [-0.25, -0.2) is 0 Å². The van der Waals surface area contributed by atoms with E-state index < -0.39 is 10.4 Å². The van der Waals surface area contributed by atoms with Gasteiger partial charge < -0.3 is 11.5 Å². The number of hydrogen-bond donors (Lipinski definition) is 4. The summed E-state index contributed by atoms with van der Waals surface area (Å²) in [7, 11) is -4.67. The Morgan fingerprint density at radius 3 is 1.94 bits per heavy atom. The lowest BCUT2D eigenvalue weighted by atomic mass is 10.0. The van der Waals surface area contributed by atoms with Crippen molar-refractivity contribution < 1.29 is 17.5 Å². The number of aryl methyl sites for hydroxylation is 1. The molecule has 1 rings (SSSR count). The van der Waals surface area contributed by atoms with Gasteiger partial charge >= 0.3 is 10.4 Å². The van der Waals surface area contributed by atoms with Crippen molar-refractivity contribution in [2.75, 3.05) is 11.5 Å². The highest BCUT2D eigenvalue weighted by Crippen LogP contribution is 2.24. The van der Waals surface area contributed by atoms with Gasteiger partial charge in [0.25, 0.3) is 0 Å². The summed E-state index contributed by atoms with van der Waals surface area (Å²) in [6.07, 6.45) is 1.98. The van der Waals surface area contributed by atoms with Crippen LogP contribution in [0, 0.1) is 0 Å². The van der Waals surface area contributed by atoms with Gasteiger partial charge in [0.15, 0.2) is 0 Å². The van der Waals surface area contributed by atoms with Crippen molar-refractivity contribution in [3.05, 3.63) is 23.3 Å². The molecular weight excluding hydrogens is 244 g/mol. The molecule has 0 fully saturated rings. The average Bonchev–Trinajstić information content (AvgIpc) is 2.19. The second kappa shape index (κ2) is 6.43. The molecule has 0 aromatic heterocycles. The molecule has 0 atom stereocenters. The molecule has 0 amide bonds. The molecule has 0 heterocycles. The minimum Gasteiger partial charge on any atom is -0.397 e. The van der Waals surface area contributed by atoms with Gasteiger partial charge in [0.2, 0.25) is 0 Å². The first-order chi connectivity index (χ1) is 7.70. The van der Waals surface area contributed by atoms with E-state index in [1.54, 1.807) is 0 Å². The van der Waals surface area contributed by atoms with E-state index in [-0.39, 0.29) is 0 Å². The number of benzene rings is 1. The van der Waals surface area contributed by atoms with Crippen molar-refractivity contribution in [1.29, 1.82) is 0 Å². The molecule has 1 aromatic rings. The summed E-state index contributed by atoms with van der Waals surface area (Å²) in [4.78, 5) is 0. The third kappa shape index (κ3) is 6.10. The highest BCUT2D eigenvalue weighted by Gasteiger charge is 2.05. The van der Waals surface area contributed by atoms with Crippen LogP contribution in [-0.2, 0) is 23.2 Å². The minimum absolute atomic E-state index is 0.698. The first-order valence-corrected chi connectivity index (χ1v) is 6.45. The van der Waals surface area contributed by atoms with Crippen LogP contribution < -0.4 is 11.5 Å². The van der Waals surface area contributed by atoms with Gasteiger partial charge in [-0.3, -0.25) is 9.11 Å². The Morgan fingerprint density at radius 2 is 1.59 bits per heavy atom. The van der Waals surface area contributed by atoms with Crippen LogP contribution >= 0.6 is 0 Å². The number of nitrogens with two attached hydrogens (primary N) is 2. The third-order valence-corrected chi connectivity index (χ3v) is 2.22. The molecule has 0 radical (unpaired) electrons. The van der Waals surface area contributed by atoms with Crippen LogP contribution in [0.25, 0.3) is 0 Å². The van der Waals surface area contributed by atoms with Crippen LogP contribution in [0.2, 0.25) is 0 Å². The summed E-state index contributed by atoms with van der Waals surface area (Å²) in [5.41, 5.74) is 15.5. The standard InChI is InChI=1S/C10H16N2.H2O4S/c1-3-7-5-6-9(11)10(12)8(7)4-2;1-5(2,3)4/h5-6H,3-4,11-12H2,1-2H3;(H2,1,2,3,4). The average molecular weight is 262 g/mol. The Bertz CT molecular complexity index is 463. The lowest BCUT2D eigenvalue weighted by molar-refractivity contribution is 0.381. The van der Waals surface area contributed by atoms with Gasteiger partial charge in [-0.2, -0.15) is 8.42 Å². The molecule has 0 spiro atoms. The Morgan fingerprint density at radius 1 is 1.12 bits per heavy atom. The fraction of sp³-hybridized carbons (Fsp3) is 0.400. The van der Waals surface area contributed by atoms with E-state index >= 15 is 0 Å². The van der Waals surface area contributed by atoms with Gasteiger partial charge in [-0.15, -0.1) is 0 Å². The quantitative estimate of drug-likeness (QED) is 0.470. The van der Waals surface area contributed by atoms with Crippen LogP contribution in [0.5, 0.6) is 0 Å². The Labute approximate surface area is 101 Å². The molecule has 1 aromatic carbocycles. The zero-order valence-corrected chi connectivity index (χ0v) is 10.7. The zero-order chi connectivity index (χ0) is 13.6. The Balaban J connectivity index is 0.000000437. The van der Waals surface area contributed by atoms with Crippen LogP contribution in [0.3, 0.4) is 0 Å². The van der Waals surface area contributed by atoms with Crippen molar-refractivity contribution in [1.82, 2.24) is 0 Å². The lowest BCUT2D eigenvalue weighted by Crippen LogP contribution is -2.02. The molecule has 0 aliphatic heterocycles. The molecule has 7 heteroatoms. The second-order valence-electron chi connectivity index (χ2n) is 3.36. The highest BCUT2D eigenvalue weighted by atomic mass is 32.3. The van der Waals surface area contributed by atoms with Gasteiger partial charge in [-0.1, -0.05) is 19.9 Å². The third-order valence-electron chi connectivity index (χ3n) is 2.22. The monoisotopic (exact) mass is 262 g/mol. The molecule has 0 saturated heterocycles. The van der Waals surface area contributed by atoms with E-state index in [0.717, 1.165) is 18.5 Å². The van der Waals surface area contributed by atoms with Crippen LogP contribution in [0.4, 0.5) is 11.4 Å². The maximum absolute atomic E-state index is 8.74. The Hall–Kier alpha value is -1.31. The van der Waals surface area contributed by atoms with E-state index in [9.17, 15) is 0 Å². The minimum atomic E-state index is -4.67. The van der Waals surface area contributed by atoms with E-state index in [0.29, 0.717) is 5.69 Å². The largest absolute Gasteiger partial charge is 0.397 e. The van der Waals surface area contributed by atoms with Crippen molar-refractivity contribution in [2.45, 2.75) is 26.7 Å². The molecular formula is C10H18N2O4S. The molecule has 0 saturated carbocycles. The first-order valence-electron chi connectivity index (χ1n) is 5.06. The summed E-state index contributed by atoms with van der Waals surface area (Å²) in [5.74, 6) is 0. The van der Waals surface area contributed by atoms with Gasteiger partial charge in [0, 0.05) is 0 Å². The predicted molar refractivity (Wildman–Crippen MR) is 68.2 cm³/mol. The van der Waals surface area contributed by atoms with Crippen molar-refractivity contribution in [2.24, 2.45) is 0 Å². The summed E-state index contributed by atoms with van der Waals surface area (Å²) in [6.45, 7) is 4.23. The van der Waals surface area contributed by atoms with Crippen LogP contribution in [0.15, 0.2) is 12.1 Å². The number of rotatable bonds is 2. The van der Waals surface area contributed by atoms with Crippen LogP contribution in [0.1, 0.15) is 25.0 Å². The van der Waals surface area contributed by atoms with E-state index in [1.165, 1.54) is 11.1 Å². The normalized spacial score (nSPS) is 10.6. The van der Waals surface area contributed by atoms with E-state index in [4.69, 9.17) is 29.0 Å². The number of anilines is 2. The number of nitrogen functional groups attached to an aromatic ring is 2. The summed E-state index contributed by atoms with van der Waals surface area (Å²) in [5, 5.41) is 0. The Kier molecular flexibility index (Phi) is 5.94. The van der Waals surface area contributed by atoms with Crippen molar-refractivity contribution in [3.63, 3.8) is 0 Å².